The number of nitrogens with zero attached hydrogens (tertiary/aromatic N) is 1. The predicted octanol–water partition coefficient (Wildman–Crippen LogP) is 3.71. The van der Waals surface area contributed by atoms with Crippen molar-refractivity contribution >= 4 is 11.8 Å². The Bertz CT molecular complexity index is 695. The molecule has 4 heteroatoms. The third kappa shape index (κ3) is 4.20. The number of likely N-dealkylation sites (tertiary alicyclic amines) is 1. The molecule has 1 saturated carbocycles. The first-order valence-electron chi connectivity index (χ1n) is 10.4. The summed E-state index contributed by atoms with van der Waals surface area (Å²) in [6, 6.07) is 9.01. The SMILES string of the molecule is CCC(=O)NCC(CC)C(=O)N1CC2C(C1)C2c1cccc(C(C)(C)C)c1. The van der Waals surface area contributed by atoms with E-state index in [-0.39, 0.29) is 23.1 Å². The van der Waals surface area contributed by atoms with E-state index in [4.69, 9.17) is 0 Å². The van der Waals surface area contributed by atoms with Crippen LogP contribution >= 0.6 is 0 Å². The van der Waals surface area contributed by atoms with Gasteiger partial charge in [0.15, 0.2) is 0 Å². The van der Waals surface area contributed by atoms with Gasteiger partial charge in [0.05, 0.1) is 5.92 Å². The maximum absolute atomic E-state index is 12.8. The second-order valence-corrected chi connectivity index (χ2v) is 9.23. The van der Waals surface area contributed by atoms with E-state index >= 15 is 0 Å². The molecule has 0 bridgehead atoms. The first kappa shape index (κ1) is 19.9. The van der Waals surface area contributed by atoms with Crippen molar-refractivity contribution in [1.82, 2.24) is 10.2 Å². The summed E-state index contributed by atoms with van der Waals surface area (Å²) >= 11 is 0. The van der Waals surface area contributed by atoms with Gasteiger partial charge < -0.3 is 10.2 Å². The Morgan fingerprint density at radius 3 is 2.41 bits per heavy atom. The van der Waals surface area contributed by atoms with Crippen molar-refractivity contribution in [3.8, 4) is 0 Å². The summed E-state index contributed by atoms with van der Waals surface area (Å²) in [6.45, 7) is 12.8. The molecule has 1 aliphatic carbocycles. The highest BCUT2D eigenvalue weighted by molar-refractivity contribution is 5.81. The Morgan fingerprint density at radius 1 is 1.19 bits per heavy atom. The predicted molar refractivity (Wildman–Crippen MR) is 109 cm³/mol. The molecule has 0 aromatic heterocycles. The molecule has 4 nitrogen and oxygen atoms in total. The summed E-state index contributed by atoms with van der Waals surface area (Å²) in [6.07, 6.45) is 1.24. The van der Waals surface area contributed by atoms with Crippen molar-refractivity contribution in [2.24, 2.45) is 17.8 Å². The highest BCUT2D eigenvalue weighted by atomic mass is 16.2. The number of hydrogen-bond donors (Lipinski definition) is 1. The number of hydrogen-bond acceptors (Lipinski definition) is 2. The molecule has 2 aliphatic rings. The molecular formula is C23H34N2O2. The zero-order valence-electron chi connectivity index (χ0n) is 17.4. The van der Waals surface area contributed by atoms with Gasteiger partial charge in [-0.1, -0.05) is 58.9 Å². The third-order valence-electron chi connectivity index (χ3n) is 6.35. The molecule has 1 saturated heterocycles. The van der Waals surface area contributed by atoms with Crippen LogP contribution in [-0.4, -0.2) is 36.3 Å². The van der Waals surface area contributed by atoms with Crippen molar-refractivity contribution in [1.29, 1.82) is 0 Å². The summed E-state index contributed by atoms with van der Waals surface area (Å²) in [4.78, 5) is 26.4. The molecule has 1 aliphatic heterocycles. The number of amides is 2. The molecule has 1 heterocycles. The van der Waals surface area contributed by atoms with Crippen LogP contribution in [0.15, 0.2) is 24.3 Å². The van der Waals surface area contributed by atoms with E-state index < -0.39 is 0 Å². The van der Waals surface area contributed by atoms with Crippen molar-refractivity contribution in [3.63, 3.8) is 0 Å². The lowest BCUT2D eigenvalue weighted by atomic mass is 9.85. The van der Waals surface area contributed by atoms with Crippen LogP contribution in [0.25, 0.3) is 0 Å². The van der Waals surface area contributed by atoms with Gasteiger partial charge in [-0.2, -0.15) is 0 Å². The van der Waals surface area contributed by atoms with Gasteiger partial charge in [0.1, 0.15) is 0 Å². The zero-order valence-corrected chi connectivity index (χ0v) is 17.4. The maximum atomic E-state index is 12.8. The average molecular weight is 371 g/mol. The Balaban J connectivity index is 1.58. The number of rotatable bonds is 6. The summed E-state index contributed by atoms with van der Waals surface area (Å²) in [7, 11) is 0. The third-order valence-corrected chi connectivity index (χ3v) is 6.35. The van der Waals surface area contributed by atoms with Crippen LogP contribution in [0.3, 0.4) is 0 Å². The summed E-state index contributed by atoms with van der Waals surface area (Å²) in [5, 5.41) is 2.88. The molecule has 3 atom stereocenters. The lowest BCUT2D eigenvalue weighted by Crippen LogP contribution is -2.41. The van der Waals surface area contributed by atoms with Gasteiger partial charge >= 0.3 is 0 Å². The molecule has 1 aromatic carbocycles. The van der Waals surface area contributed by atoms with Crippen LogP contribution in [0.2, 0.25) is 0 Å². The standard InChI is InChI=1S/C23H34N2O2/c1-6-15(12-24-20(26)7-2)22(27)25-13-18-19(14-25)21(18)16-9-8-10-17(11-16)23(3,4)5/h8-11,15,18-19,21H,6-7,12-14H2,1-5H3,(H,24,26). The van der Waals surface area contributed by atoms with Crippen LogP contribution < -0.4 is 5.32 Å². The lowest BCUT2D eigenvalue weighted by molar-refractivity contribution is -0.135. The van der Waals surface area contributed by atoms with Gasteiger partial charge in [0.25, 0.3) is 0 Å². The summed E-state index contributed by atoms with van der Waals surface area (Å²) < 4.78 is 0. The van der Waals surface area contributed by atoms with Crippen LogP contribution in [0, 0.1) is 17.8 Å². The minimum atomic E-state index is -0.0966. The van der Waals surface area contributed by atoms with E-state index in [0.29, 0.717) is 30.7 Å². The minimum absolute atomic E-state index is 0.0179. The Kier molecular flexibility index (Phi) is 5.64. The highest BCUT2D eigenvalue weighted by Crippen LogP contribution is 2.58. The smallest absolute Gasteiger partial charge is 0.227 e. The number of piperidine rings is 1. The normalized spacial score (nSPS) is 25.1. The second-order valence-electron chi connectivity index (χ2n) is 9.23. The number of benzene rings is 1. The molecule has 1 aromatic rings. The van der Waals surface area contributed by atoms with Gasteiger partial charge in [-0.05, 0) is 40.7 Å². The molecule has 3 rings (SSSR count). The van der Waals surface area contributed by atoms with Gasteiger partial charge in [-0.3, -0.25) is 9.59 Å². The minimum Gasteiger partial charge on any atom is -0.355 e. The number of carbonyl (C=O) groups is 2. The molecule has 1 N–H and O–H groups in total. The molecule has 27 heavy (non-hydrogen) atoms. The fourth-order valence-corrected chi connectivity index (χ4v) is 4.44. The molecule has 148 valence electrons. The summed E-state index contributed by atoms with van der Waals surface area (Å²) in [5.41, 5.74) is 2.99. The Morgan fingerprint density at radius 2 is 1.85 bits per heavy atom. The van der Waals surface area contributed by atoms with Crippen LogP contribution in [0.4, 0.5) is 0 Å². The molecular weight excluding hydrogens is 336 g/mol. The molecule has 2 fully saturated rings. The van der Waals surface area contributed by atoms with E-state index in [0.717, 1.165) is 19.5 Å². The first-order valence-corrected chi connectivity index (χ1v) is 10.4. The second kappa shape index (κ2) is 7.65. The van der Waals surface area contributed by atoms with Gasteiger partial charge in [0, 0.05) is 26.1 Å². The van der Waals surface area contributed by atoms with Gasteiger partial charge in [0.2, 0.25) is 11.8 Å². The maximum Gasteiger partial charge on any atom is 0.227 e. The van der Waals surface area contributed by atoms with E-state index in [9.17, 15) is 9.59 Å². The molecule has 0 spiro atoms. The average Bonchev–Trinajstić information content (AvgIpc) is 3.14. The van der Waals surface area contributed by atoms with Crippen LogP contribution in [0.1, 0.15) is 64.5 Å². The molecule has 0 radical (unpaired) electrons. The van der Waals surface area contributed by atoms with Crippen molar-refractivity contribution in [2.75, 3.05) is 19.6 Å². The first-order chi connectivity index (χ1) is 12.8. The Labute approximate surface area is 163 Å². The van der Waals surface area contributed by atoms with Crippen molar-refractivity contribution in [3.05, 3.63) is 35.4 Å². The number of nitrogens with one attached hydrogen (secondary N) is 1. The van der Waals surface area contributed by atoms with E-state index in [1.165, 1.54) is 11.1 Å². The van der Waals surface area contributed by atoms with Gasteiger partial charge in [-0.15, -0.1) is 0 Å². The van der Waals surface area contributed by atoms with E-state index in [2.05, 4.69) is 50.4 Å². The fourth-order valence-electron chi connectivity index (χ4n) is 4.44. The number of fused-ring (bicyclic) bond motifs is 1. The highest BCUT2D eigenvalue weighted by Gasteiger charge is 2.57. The quantitative estimate of drug-likeness (QED) is 0.830. The largest absolute Gasteiger partial charge is 0.355 e. The van der Waals surface area contributed by atoms with Crippen LogP contribution in [-0.2, 0) is 15.0 Å². The number of carbonyl (C=O) groups excluding carboxylic acids is 2. The fraction of sp³-hybridized carbons (Fsp3) is 0.652. The van der Waals surface area contributed by atoms with Crippen molar-refractivity contribution in [2.45, 2.75) is 58.8 Å². The summed E-state index contributed by atoms with van der Waals surface area (Å²) in [5.74, 6) is 1.95. The topological polar surface area (TPSA) is 49.4 Å². The van der Waals surface area contributed by atoms with Gasteiger partial charge in [-0.25, -0.2) is 0 Å². The van der Waals surface area contributed by atoms with E-state index in [1.54, 1.807) is 0 Å². The van der Waals surface area contributed by atoms with Crippen molar-refractivity contribution < 1.29 is 9.59 Å². The Hall–Kier alpha value is -1.84. The van der Waals surface area contributed by atoms with Crippen LogP contribution in [0.5, 0.6) is 0 Å². The lowest BCUT2D eigenvalue weighted by Gasteiger charge is -2.25. The molecule has 3 unspecified atom stereocenters. The molecule has 2 amide bonds. The zero-order chi connectivity index (χ0) is 19.8. The monoisotopic (exact) mass is 370 g/mol. The van der Waals surface area contributed by atoms with E-state index in [1.807, 2.05) is 18.7 Å².